The first-order valence-electron chi connectivity index (χ1n) is 1.73. The van der Waals surface area contributed by atoms with Gasteiger partial charge in [-0.05, 0) is 12.2 Å². The molecule has 0 N–H and O–H groups in total. The van der Waals surface area contributed by atoms with Crippen molar-refractivity contribution in [1.29, 1.82) is 0 Å². The molecule has 0 fully saturated rings. The second-order valence-corrected chi connectivity index (χ2v) is 0.971. The molecule has 0 aromatic carbocycles. The van der Waals surface area contributed by atoms with Crippen molar-refractivity contribution < 1.29 is 19.8 Å². The van der Waals surface area contributed by atoms with E-state index < -0.39 is 11.9 Å². The third kappa shape index (κ3) is 4.68. The Morgan fingerprint density at radius 3 is 1.38 bits per heavy atom. The molecule has 0 unspecified atom stereocenters. The maximum Gasteiger partial charge on any atom is 0.0643 e. The third-order valence-corrected chi connectivity index (χ3v) is 0.355. The maximum atomic E-state index is 9.41. The molecule has 0 spiro atoms. The lowest BCUT2D eigenvalue weighted by atomic mass is 10.5. The van der Waals surface area contributed by atoms with E-state index in [1.165, 1.54) is 0 Å². The van der Waals surface area contributed by atoms with Gasteiger partial charge < -0.3 is 19.8 Å². The van der Waals surface area contributed by atoms with Gasteiger partial charge in [0.1, 0.15) is 0 Å². The summed E-state index contributed by atoms with van der Waals surface area (Å²) >= 11 is 0. The lowest BCUT2D eigenvalue weighted by Gasteiger charge is -1.90. The molecule has 0 saturated carbocycles. The zero-order valence-corrected chi connectivity index (χ0v) is 3.79. The van der Waals surface area contributed by atoms with E-state index in [-0.39, 0.29) is 0 Å². The van der Waals surface area contributed by atoms with E-state index in [2.05, 4.69) is 0 Å². The lowest BCUT2D eigenvalue weighted by Crippen LogP contribution is -2.23. The summed E-state index contributed by atoms with van der Waals surface area (Å²) in [5.41, 5.74) is 0. The van der Waals surface area contributed by atoms with Crippen LogP contribution in [0.2, 0.25) is 0 Å². The van der Waals surface area contributed by atoms with Crippen molar-refractivity contribution >= 4 is 11.9 Å². The van der Waals surface area contributed by atoms with Gasteiger partial charge in [-0.3, -0.25) is 0 Å². The summed E-state index contributed by atoms with van der Waals surface area (Å²) < 4.78 is 0. The normalized spacial score (nSPS) is 9.50. The van der Waals surface area contributed by atoms with E-state index >= 15 is 0 Å². The summed E-state index contributed by atoms with van der Waals surface area (Å²) in [5, 5.41) is 18.8. The predicted octanol–water partition coefficient (Wildman–Crippen LogP) is -2.96. The number of aliphatic carboxylic acids is 2. The van der Waals surface area contributed by atoms with Crippen LogP contribution >= 0.6 is 0 Å². The molecule has 4 heteroatoms. The first-order valence-corrected chi connectivity index (χ1v) is 1.73. The molecule has 44 valence electrons. The van der Waals surface area contributed by atoms with Gasteiger partial charge in [-0.25, -0.2) is 0 Å². The minimum absolute atomic E-state index is 0.384. The molecule has 0 aliphatic heterocycles. The van der Waals surface area contributed by atoms with Crippen molar-refractivity contribution in [2.75, 3.05) is 0 Å². The average molecular weight is 114 g/mol. The Bertz CT molecular complexity index is 119. The Morgan fingerprint density at radius 2 is 1.25 bits per heavy atom. The summed E-state index contributed by atoms with van der Waals surface area (Å²) in [5.74, 6) is -3.09. The molecule has 8 heavy (non-hydrogen) atoms. The quantitative estimate of drug-likeness (QED) is 0.359. The first kappa shape index (κ1) is 6.68. The van der Waals surface area contributed by atoms with Crippen LogP contribution in [0.25, 0.3) is 0 Å². The Kier molecular flexibility index (Phi) is 2.33. The van der Waals surface area contributed by atoms with Gasteiger partial charge in [0.05, 0.1) is 11.9 Å². The molecule has 0 aliphatic rings. The molecule has 4 nitrogen and oxygen atoms in total. The van der Waals surface area contributed by atoms with Crippen molar-refractivity contribution in [1.82, 2.24) is 0 Å². The van der Waals surface area contributed by atoms with Crippen LogP contribution in [0.3, 0.4) is 0 Å². The molecule has 0 bridgehead atoms. The number of hydrogen-bond donors (Lipinski definition) is 0. The minimum atomic E-state index is -1.55. The second kappa shape index (κ2) is 2.79. The summed E-state index contributed by atoms with van der Waals surface area (Å²) in [4.78, 5) is 18.8. The van der Waals surface area contributed by atoms with E-state index in [1.807, 2.05) is 0 Å². The van der Waals surface area contributed by atoms with Gasteiger partial charge in [-0.15, -0.1) is 0 Å². The Morgan fingerprint density at radius 1 is 1.00 bits per heavy atom. The van der Waals surface area contributed by atoms with Crippen molar-refractivity contribution in [3.8, 4) is 0 Å². The van der Waals surface area contributed by atoms with Crippen LogP contribution < -0.4 is 10.2 Å². The summed E-state index contributed by atoms with van der Waals surface area (Å²) in [6.07, 6.45) is 0.769. The molecular weight excluding hydrogens is 112 g/mol. The van der Waals surface area contributed by atoms with Crippen molar-refractivity contribution in [3.05, 3.63) is 12.2 Å². The molecule has 0 saturated heterocycles. The molecular formula is C4H2O4-2. The standard InChI is InChI=1S/C4H4O4/c5-3(6)1-2-4(7)8/h1-2H,(H,5,6)(H,7,8)/p-2. The topological polar surface area (TPSA) is 80.3 Å². The van der Waals surface area contributed by atoms with Gasteiger partial charge in [0.2, 0.25) is 0 Å². The number of carboxylic acids is 2. The largest absolute Gasteiger partial charge is 0.545 e. The maximum absolute atomic E-state index is 9.41. The Hall–Kier alpha value is -1.32. The van der Waals surface area contributed by atoms with Crippen LogP contribution in [0, 0.1) is 0 Å². The van der Waals surface area contributed by atoms with Gasteiger partial charge in [0.25, 0.3) is 0 Å². The van der Waals surface area contributed by atoms with Crippen molar-refractivity contribution in [2.45, 2.75) is 0 Å². The summed E-state index contributed by atoms with van der Waals surface area (Å²) in [7, 11) is 0. The number of carboxylic acid groups (broad SMARTS) is 2. The molecule has 0 amide bonds. The predicted molar refractivity (Wildman–Crippen MR) is 19.2 cm³/mol. The van der Waals surface area contributed by atoms with Gasteiger partial charge in [0.15, 0.2) is 0 Å². The number of carbonyl (C=O) groups excluding carboxylic acids is 2. The molecule has 0 aromatic rings. The smallest absolute Gasteiger partial charge is 0.0643 e. The highest BCUT2D eigenvalue weighted by atomic mass is 16.4. The highest BCUT2D eigenvalue weighted by Crippen LogP contribution is 1.64. The van der Waals surface area contributed by atoms with Crippen molar-refractivity contribution in [3.63, 3.8) is 0 Å². The van der Waals surface area contributed by atoms with E-state index in [4.69, 9.17) is 0 Å². The molecule has 0 radical (unpaired) electrons. The van der Waals surface area contributed by atoms with Gasteiger partial charge in [0, 0.05) is 0 Å². The highest BCUT2D eigenvalue weighted by molar-refractivity contribution is 5.87. The SMILES string of the molecule is O=C([O-])C=CC(=O)[O-]. The monoisotopic (exact) mass is 114 g/mol. The van der Waals surface area contributed by atoms with Crippen LogP contribution in [-0.4, -0.2) is 11.9 Å². The summed E-state index contributed by atoms with van der Waals surface area (Å²) in [6.45, 7) is 0. The van der Waals surface area contributed by atoms with Crippen LogP contribution in [0.5, 0.6) is 0 Å². The fourth-order valence-electron chi connectivity index (χ4n) is 0.136. The molecule has 0 aliphatic carbocycles. The fourth-order valence-corrected chi connectivity index (χ4v) is 0.136. The number of rotatable bonds is 2. The van der Waals surface area contributed by atoms with E-state index in [1.54, 1.807) is 0 Å². The lowest BCUT2D eigenvalue weighted by molar-refractivity contribution is -0.301. The molecule has 0 rings (SSSR count). The Labute approximate surface area is 45.1 Å². The summed E-state index contributed by atoms with van der Waals surface area (Å²) in [6, 6.07) is 0. The fraction of sp³-hybridized carbons (Fsp3) is 0. The average Bonchev–Trinajstić information content (AvgIpc) is 1.61. The third-order valence-electron chi connectivity index (χ3n) is 0.355. The van der Waals surface area contributed by atoms with E-state index in [0.29, 0.717) is 12.2 Å². The Balaban J connectivity index is 3.67. The highest BCUT2D eigenvalue weighted by Gasteiger charge is 1.70. The van der Waals surface area contributed by atoms with Crippen molar-refractivity contribution in [2.24, 2.45) is 0 Å². The molecule has 0 heterocycles. The van der Waals surface area contributed by atoms with Crippen LogP contribution in [-0.2, 0) is 9.59 Å². The minimum Gasteiger partial charge on any atom is -0.545 e. The molecule has 0 atom stereocenters. The second-order valence-electron chi connectivity index (χ2n) is 0.971. The zero-order chi connectivity index (χ0) is 6.57. The van der Waals surface area contributed by atoms with E-state index in [9.17, 15) is 19.8 Å². The zero-order valence-electron chi connectivity index (χ0n) is 3.79. The van der Waals surface area contributed by atoms with Gasteiger partial charge in [-0.2, -0.15) is 0 Å². The van der Waals surface area contributed by atoms with E-state index in [0.717, 1.165) is 0 Å². The van der Waals surface area contributed by atoms with Crippen LogP contribution in [0.4, 0.5) is 0 Å². The number of hydrogen-bond acceptors (Lipinski definition) is 4. The molecule has 0 aromatic heterocycles. The van der Waals surface area contributed by atoms with Crippen LogP contribution in [0.15, 0.2) is 12.2 Å². The first-order chi connectivity index (χ1) is 3.63. The van der Waals surface area contributed by atoms with Gasteiger partial charge >= 0.3 is 0 Å². The van der Waals surface area contributed by atoms with Gasteiger partial charge in [-0.1, -0.05) is 0 Å². The number of carbonyl (C=O) groups is 2. The van der Waals surface area contributed by atoms with Crippen LogP contribution in [0.1, 0.15) is 0 Å².